The van der Waals surface area contributed by atoms with E-state index in [1.54, 1.807) is 27.7 Å². The molecule has 0 saturated carbocycles. The monoisotopic (exact) mass is 375 g/mol. The minimum atomic E-state index is -3.39. The van der Waals surface area contributed by atoms with Crippen LogP contribution in [0.2, 0.25) is 0 Å². The van der Waals surface area contributed by atoms with E-state index in [4.69, 9.17) is 4.74 Å². The van der Waals surface area contributed by atoms with Crippen LogP contribution in [-0.4, -0.2) is 28.2 Å². The zero-order valence-corrected chi connectivity index (χ0v) is 15.7. The van der Waals surface area contributed by atoms with Crippen LogP contribution in [0.3, 0.4) is 0 Å². The number of rotatable bonds is 5. The van der Waals surface area contributed by atoms with Crippen molar-refractivity contribution < 1.29 is 22.5 Å². The van der Waals surface area contributed by atoms with E-state index in [1.165, 1.54) is 18.3 Å². The smallest absolute Gasteiger partial charge is 0.301 e. The summed E-state index contributed by atoms with van der Waals surface area (Å²) in [5.41, 5.74) is -0.557. The van der Waals surface area contributed by atoms with Gasteiger partial charge in [0.25, 0.3) is 0 Å². The molecule has 1 heterocycles. The molecule has 2 unspecified atom stereocenters. The highest BCUT2D eigenvalue weighted by atomic mass is 32.2. The molecule has 1 aromatic carbocycles. The Bertz CT molecular complexity index is 625. The first kappa shape index (κ1) is 20.3. The maximum Gasteiger partial charge on any atom is 0.301 e. The molecule has 0 bridgehead atoms. The van der Waals surface area contributed by atoms with E-state index in [9.17, 15) is 17.7 Å². The van der Waals surface area contributed by atoms with Gasteiger partial charge in [-0.15, -0.1) is 0 Å². The van der Waals surface area contributed by atoms with Crippen LogP contribution in [0.4, 0.5) is 13.2 Å². The van der Waals surface area contributed by atoms with Crippen molar-refractivity contribution in [3.05, 3.63) is 35.1 Å². The number of halogens is 3. The fraction of sp³-hybridized carbons (Fsp3) is 0.611. The summed E-state index contributed by atoms with van der Waals surface area (Å²) in [5, 5.41) is 0. The molecule has 0 spiro atoms. The average Bonchev–Trinajstić information content (AvgIpc) is 3.06. The zero-order valence-electron chi connectivity index (χ0n) is 14.9. The number of alkyl halides is 2. The van der Waals surface area contributed by atoms with Crippen molar-refractivity contribution in [2.45, 2.75) is 63.2 Å². The normalized spacial score (nSPS) is 21.7. The topological polar surface area (TPSA) is 44.7 Å². The number of ether oxygens (including phenoxy) is 1. The summed E-state index contributed by atoms with van der Waals surface area (Å²) in [7, 11) is 0. The van der Waals surface area contributed by atoms with Gasteiger partial charge >= 0.3 is 5.92 Å². The second-order valence-electron chi connectivity index (χ2n) is 7.24. The molecule has 0 aliphatic carbocycles. The Morgan fingerprint density at radius 1 is 1.36 bits per heavy atom. The van der Waals surface area contributed by atoms with Gasteiger partial charge in [-0.3, -0.25) is 0 Å². The van der Waals surface area contributed by atoms with E-state index in [-0.39, 0.29) is 18.6 Å². The Balaban J connectivity index is 2.27. The summed E-state index contributed by atoms with van der Waals surface area (Å²) in [6.45, 7) is 7.22. The van der Waals surface area contributed by atoms with Gasteiger partial charge in [0.15, 0.2) is 0 Å². The van der Waals surface area contributed by atoms with Crippen molar-refractivity contribution >= 4 is 17.6 Å². The first-order valence-electron chi connectivity index (χ1n) is 8.29. The van der Waals surface area contributed by atoms with Gasteiger partial charge in [-0.25, -0.2) is 4.39 Å². The van der Waals surface area contributed by atoms with Gasteiger partial charge in [0.1, 0.15) is 28.0 Å². The lowest BCUT2D eigenvalue weighted by atomic mass is 9.94. The van der Waals surface area contributed by atoms with Crippen molar-refractivity contribution in [2.24, 2.45) is 4.40 Å². The Kier molecular flexibility index (Phi) is 6.22. The molecule has 1 aliphatic rings. The van der Waals surface area contributed by atoms with E-state index in [0.717, 1.165) is 6.07 Å². The summed E-state index contributed by atoms with van der Waals surface area (Å²) in [6, 6.07) is 3.94. The van der Waals surface area contributed by atoms with Gasteiger partial charge in [-0.2, -0.15) is 8.78 Å². The largest absolute Gasteiger partial charge is 0.591 e. The predicted octanol–water partition coefficient (Wildman–Crippen LogP) is 4.73. The quantitative estimate of drug-likeness (QED) is 0.551. The number of nitrogens with zero attached hydrogens (tertiary/aromatic N) is 1. The third kappa shape index (κ3) is 4.57. The van der Waals surface area contributed by atoms with Gasteiger partial charge in [0.2, 0.25) is 0 Å². The SMILES string of the molecule is CC(C=N[S+]([O-])C(C)(C)C)c1cccc(C(F)(F)[C@@H]2CCCO2)c1F. The zero-order chi connectivity index (χ0) is 18.8. The molecule has 1 aromatic rings. The molecule has 0 aromatic heterocycles. The van der Waals surface area contributed by atoms with E-state index in [2.05, 4.69) is 4.40 Å². The Morgan fingerprint density at radius 3 is 2.60 bits per heavy atom. The Hall–Kier alpha value is -1.05. The molecule has 0 radical (unpaired) electrons. The molecular weight excluding hydrogens is 351 g/mol. The van der Waals surface area contributed by atoms with Gasteiger partial charge in [0, 0.05) is 12.5 Å². The Morgan fingerprint density at radius 2 is 2.04 bits per heavy atom. The van der Waals surface area contributed by atoms with Crippen molar-refractivity contribution in [1.82, 2.24) is 0 Å². The van der Waals surface area contributed by atoms with Gasteiger partial charge in [-0.1, -0.05) is 23.5 Å². The third-order valence-electron chi connectivity index (χ3n) is 4.12. The molecule has 1 aliphatic heterocycles. The maximum absolute atomic E-state index is 14.8. The molecule has 7 heteroatoms. The van der Waals surface area contributed by atoms with Crippen molar-refractivity contribution in [3.63, 3.8) is 0 Å². The van der Waals surface area contributed by atoms with Crippen molar-refractivity contribution in [1.29, 1.82) is 0 Å². The van der Waals surface area contributed by atoms with E-state index >= 15 is 0 Å². The predicted molar refractivity (Wildman–Crippen MR) is 94.1 cm³/mol. The van der Waals surface area contributed by atoms with Crippen LogP contribution in [0.5, 0.6) is 0 Å². The van der Waals surface area contributed by atoms with Crippen LogP contribution in [-0.2, 0) is 22.0 Å². The molecule has 0 amide bonds. The highest BCUT2D eigenvalue weighted by Crippen LogP contribution is 2.40. The molecule has 140 valence electrons. The minimum Gasteiger partial charge on any atom is -0.591 e. The van der Waals surface area contributed by atoms with E-state index in [1.807, 2.05) is 0 Å². The van der Waals surface area contributed by atoms with Crippen LogP contribution < -0.4 is 0 Å². The minimum absolute atomic E-state index is 0.102. The Labute approximate surface area is 150 Å². The maximum atomic E-state index is 14.8. The fourth-order valence-electron chi connectivity index (χ4n) is 2.58. The lowest BCUT2D eigenvalue weighted by Crippen LogP contribution is -2.31. The van der Waals surface area contributed by atoms with Gasteiger partial charge in [0.05, 0.1) is 11.8 Å². The number of benzene rings is 1. The average molecular weight is 375 g/mol. The van der Waals surface area contributed by atoms with Gasteiger partial charge < -0.3 is 9.29 Å². The van der Waals surface area contributed by atoms with Gasteiger partial charge in [-0.05, 0) is 45.2 Å². The van der Waals surface area contributed by atoms with Crippen LogP contribution in [0, 0.1) is 5.82 Å². The molecule has 0 N–H and O–H groups in total. The van der Waals surface area contributed by atoms with E-state index < -0.39 is 45.4 Å². The van der Waals surface area contributed by atoms with Crippen LogP contribution >= 0.6 is 0 Å². The molecule has 1 saturated heterocycles. The van der Waals surface area contributed by atoms with E-state index in [0.29, 0.717) is 6.42 Å². The second kappa shape index (κ2) is 7.68. The van der Waals surface area contributed by atoms with Crippen molar-refractivity contribution in [2.75, 3.05) is 6.61 Å². The molecule has 25 heavy (non-hydrogen) atoms. The molecular formula is C18H24F3NO2S. The summed E-state index contributed by atoms with van der Waals surface area (Å²) >= 11 is -1.48. The third-order valence-corrected chi connectivity index (χ3v) is 5.48. The van der Waals surface area contributed by atoms with Crippen LogP contribution in [0.1, 0.15) is 57.6 Å². The number of hydrogen-bond donors (Lipinski definition) is 0. The summed E-state index contributed by atoms with van der Waals surface area (Å²) in [5.74, 6) is -4.92. The van der Waals surface area contributed by atoms with Crippen molar-refractivity contribution in [3.8, 4) is 0 Å². The molecule has 3 atom stereocenters. The first-order valence-corrected chi connectivity index (χ1v) is 9.40. The fourth-order valence-corrected chi connectivity index (χ4v) is 3.19. The molecule has 1 fully saturated rings. The highest BCUT2D eigenvalue weighted by Gasteiger charge is 2.46. The first-order chi connectivity index (χ1) is 11.5. The molecule has 2 rings (SSSR count). The summed E-state index contributed by atoms with van der Waals surface area (Å²) in [4.78, 5) is 0. The molecule has 3 nitrogen and oxygen atoms in total. The lowest BCUT2D eigenvalue weighted by molar-refractivity contribution is -0.124. The second-order valence-corrected chi connectivity index (χ2v) is 9.17. The lowest BCUT2D eigenvalue weighted by Gasteiger charge is -2.24. The number of hydrogen-bond acceptors (Lipinski definition) is 3. The summed E-state index contributed by atoms with van der Waals surface area (Å²) < 4.78 is 64.4. The summed E-state index contributed by atoms with van der Waals surface area (Å²) in [6.07, 6.45) is 0.810. The highest BCUT2D eigenvalue weighted by molar-refractivity contribution is 7.91. The van der Waals surface area contributed by atoms with Crippen LogP contribution in [0.25, 0.3) is 0 Å². The standard InChI is InChI=1S/C18H24F3NO2S/c1-12(11-22-25(23)17(2,3)4)13-7-5-8-14(16(13)19)18(20,21)15-9-6-10-24-15/h5,7-8,11-12,15H,6,9-10H2,1-4H3/t12?,15-,25?/m0/s1. The van der Waals surface area contributed by atoms with Crippen LogP contribution in [0.15, 0.2) is 22.6 Å².